The normalized spacial score (nSPS) is 13.7. The number of piperazine rings is 1. The first-order valence-corrected chi connectivity index (χ1v) is 12.0. The average Bonchev–Trinajstić information content (AvgIpc) is 3.57. The van der Waals surface area contributed by atoms with Crippen molar-refractivity contribution in [2.24, 2.45) is 0 Å². The van der Waals surface area contributed by atoms with Gasteiger partial charge in [0.05, 0.1) is 20.8 Å². The number of rotatable bonds is 5. The minimum Gasteiger partial charge on any atom is -0.359 e. The van der Waals surface area contributed by atoms with Gasteiger partial charge in [0.15, 0.2) is 6.29 Å². The van der Waals surface area contributed by atoms with Gasteiger partial charge in [-0.25, -0.2) is 0 Å². The summed E-state index contributed by atoms with van der Waals surface area (Å²) in [7, 11) is 0. The number of fused-ring (bicyclic) bond motifs is 1. The third-order valence-electron chi connectivity index (χ3n) is 6.19. The van der Waals surface area contributed by atoms with Gasteiger partial charge in [-0.1, -0.05) is 18.2 Å². The highest BCUT2D eigenvalue weighted by molar-refractivity contribution is 7.17. The van der Waals surface area contributed by atoms with Crippen molar-refractivity contribution in [3.63, 3.8) is 0 Å². The van der Waals surface area contributed by atoms with Crippen molar-refractivity contribution in [2.45, 2.75) is 6.92 Å². The van der Waals surface area contributed by atoms with Crippen LogP contribution in [0.4, 0.5) is 0 Å². The van der Waals surface area contributed by atoms with Crippen LogP contribution in [0.15, 0.2) is 54.9 Å². The predicted molar refractivity (Wildman–Crippen MR) is 133 cm³/mol. The number of H-pyrrole nitrogens is 1. The van der Waals surface area contributed by atoms with Gasteiger partial charge in [0.25, 0.3) is 17.6 Å². The van der Waals surface area contributed by atoms with Gasteiger partial charge >= 0.3 is 0 Å². The molecule has 0 atom stereocenters. The molecule has 1 saturated heterocycles. The van der Waals surface area contributed by atoms with Gasteiger partial charge in [-0.05, 0) is 36.8 Å². The van der Waals surface area contributed by atoms with E-state index in [0.717, 1.165) is 16.7 Å². The topological polar surface area (TPSA) is 103 Å². The third kappa shape index (κ3) is 4.15. The van der Waals surface area contributed by atoms with E-state index in [-0.39, 0.29) is 5.91 Å². The number of carbonyl (C=O) groups excluding carboxylic acids is 4. The van der Waals surface area contributed by atoms with Gasteiger partial charge in [0.1, 0.15) is 5.69 Å². The van der Waals surface area contributed by atoms with E-state index < -0.39 is 11.7 Å². The molecule has 1 aromatic carbocycles. The maximum Gasteiger partial charge on any atom is 0.295 e. The van der Waals surface area contributed by atoms with Crippen molar-refractivity contribution in [3.05, 3.63) is 76.4 Å². The first-order valence-electron chi connectivity index (χ1n) is 11.2. The summed E-state index contributed by atoms with van der Waals surface area (Å²) in [6, 6.07) is 12.6. The fourth-order valence-electron chi connectivity index (χ4n) is 4.35. The zero-order chi connectivity index (χ0) is 24.5. The largest absolute Gasteiger partial charge is 0.359 e. The smallest absolute Gasteiger partial charge is 0.295 e. The number of thiophene rings is 1. The van der Waals surface area contributed by atoms with E-state index in [0.29, 0.717) is 58.8 Å². The number of hydrogen-bond acceptors (Lipinski definition) is 6. The van der Waals surface area contributed by atoms with Gasteiger partial charge in [0, 0.05) is 49.5 Å². The van der Waals surface area contributed by atoms with Crippen molar-refractivity contribution in [2.75, 3.05) is 26.2 Å². The van der Waals surface area contributed by atoms with Crippen LogP contribution >= 0.6 is 11.3 Å². The monoisotopic (exact) mass is 486 g/mol. The molecule has 4 aromatic rings. The number of aromatic nitrogens is 2. The van der Waals surface area contributed by atoms with E-state index in [1.807, 2.05) is 31.2 Å². The lowest BCUT2D eigenvalue weighted by molar-refractivity contribution is -0.127. The zero-order valence-electron chi connectivity index (χ0n) is 19.0. The Morgan fingerprint density at radius 1 is 1.00 bits per heavy atom. The van der Waals surface area contributed by atoms with Crippen LogP contribution in [0, 0.1) is 6.92 Å². The molecule has 5 rings (SSSR count). The Morgan fingerprint density at radius 2 is 1.71 bits per heavy atom. The molecular formula is C26H22N4O4S. The quantitative estimate of drug-likeness (QED) is 0.264. The summed E-state index contributed by atoms with van der Waals surface area (Å²) < 4.78 is 0. The van der Waals surface area contributed by atoms with Crippen LogP contribution < -0.4 is 0 Å². The van der Waals surface area contributed by atoms with Gasteiger partial charge in [-0.3, -0.25) is 24.2 Å². The lowest BCUT2D eigenvalue weighted by atomic mass is 10.0. The molecule has 9 heteroatoms. The Hall–Kier alpha value is -4.11. The molecule has 1 fully saturated rings. The van der Waals surface area contributed by atoms with Crippen molar-refractivity contribution in [3.8, 4) is 10.6 Å². The second-order valence-corrected chi connectivity index (χ2v) is 9.46. The molecule has 3 aromatic heterocycles. The van der Waals surface area contributed by atoms with Crippen LogP contribution in [0.25, 0.3) is 21.5 Å². The summed E-state index contributed by atoms with van der Waals surface area (Å²) >= 11 is 1.31. The summed E-state index contributed by atoms with van der Waals surface area (Å²) in [6.45, 7) is 3.16. The molecule has 0 saturated carbocycles. The van der Waals surface area contributed by atoms with Crippen LogP contribution in [-0.4, -0.2) is 69.8 Å². The fourth-order valence-corrected chi connectivity index (χ4v) is 5.18. The molecule has 4 heterocycles. The lowest BCUT2D eigenvalue weighted by Crippen LogP contribution is -2.52. The standard InChI is InChI=1S/C26H22N4O4S/c1-16-13-27-22(20-8-7-18(15-31)35-20)23-21(16)19(14-28-23)24(32)26(34)30-11-9-29(10-12-30)25(33)17-5-3-2-4-6-17/h2-8,13-15,28H,9-12H2,1H3. The third-order valence-corrected chi connectivity index (χ3v) is 7.21. The lowest BCUT2D eigenvalue weighted by Gasteiger charge is -2.34. The molecule has 8 nitrogen and oxygen atoms in total. The van der Waals surface area contributed by atoms with Crippen molar-refractivity contribution in [1.82, 2.24) is 19.8 Å². The van der Waals surface area contributed by atoms with Gasteiger partial charge in [-0.15, -0.1) is 11.3 Å². The maximum absolute atomic E-state index is 13.3. The molecule has 0 radical (unpaired) electrons. The first kappa shape index (κ1) is 22.7. The van der Waals surface area contributed by atoms with E-state index >= 15 is 0 Å². The van der Waals surface area contributed by atoms with E-state index in [1.165, 1.54) is 16.2 Å². The molecule has 35 heavy (non-hydrogen) atoms. The van der Waals surface area contributed by atoms with Gasteiger partial charge < -0.3 is 14.8 Å². The van der Waals surface area contributed by atoms with Gasteiger partial charge in [0.2, 0.25) is 0 Å². The number of aldehydes is 1. The second kappa shape index (κ2) is 9.27. The van der Waals surface area contributed by atoms with Crippen LogP contribution in [0.3, 0.4) is 0 Å². The number of pyridine rings is 1. The second-order valence-electron chi connectivity index (χ2n) is 8.34. The van der Waals surface area contributed by atoms with Crippen molar-refractivity contribution >= 4 is 46.1 Å². The predicted octanol–water partition coefficient (Wildman–Crippen LogP) is 3.58. The number of aryl methyl sites for hydroxylation is 1. The summed E-state index contributed by atoms with van der Waals surface area (Å²) in [6.07, 6.45) is 4.00. The highest BCUT2D eigenvalue weighted by Gasteiger charge is 2.31. The Labute approximate surface area is 205 Å². The van der Waals surface area contributed by atoms with Crippen molar-refractivity contribution in [1.29, 1.82) is 0 Å². The number of benzene rings is 1. The van der Waals surface area contributed by atoms with Crippen LogP contribution in [0.2, 0.25) is 0 Å². The highest BCUT2D eigenvalue weighted by Crippen LogP contribution is 2.34. The Kier molecular flexibility index (Phi) is 6.00. The van der Waals surface area contributed by atoms with E-state index in [4.69, 9.17) is 0 Å². The minimum absolute atomic E-state index is 0.0809. The number of ketones is 1. The number of nitrogens with zero attached hydrogens (tertiary/aromatic N) is 3. The summed E-state index contributed by atoms with van der Waals surface area (Å²) in [4.78, 5) is 62.3. The zero-order valence-corrected chi connectivity index (χ0v) is 19.8. The summed E-state index contributed by atoms with van der Waals surface area (Å²) in [5, 5.41) is 0.646. The van der Waals surface area contributed by atoms with Crippen LogP contribution in [0.5, 0.6) is 0 Å². The molecule has 1 aliphatic rings. The molecule has 1 aliphatic heterocycles. The van der Waals surface area contributed by atoms with Crippen molar-refractivity contribution < 1.29 is 19.2 Å². The Balaban J connectivity index is 1.35. The maximum atomic E-state index is 13.3. The summed E-state index contributed by atoms with van der Waals surface area (Å²) in [5.74, 6) is -1.27. The summed E-state index contributed by atoms with van der Waals surface area (Å²) in [5.41, 5.74) is 2.95. The van der Waals surface area contributed by atoms with E-state index in [1.54, 1.807) is 35.5 Å². The first-order chi connectivity index (χ1) is 17.0. The number of amides is 2. The number of Topliss-reactive ketones (excluding diaryl/α,β-unsaturated/α-hetero) is 1. The van der Waals surface area contributed by atoms with E-state index in [9.17, 15) is 19.2 Å². The fraction of sp³-hybridized carbons (Fsp3) is 0.192. The molecule has 176 valence electrons. The molecule has 0 aliphatic carbocycles. The number of nitrogens with one attached hydrogen (secondary N) is 1. The Bertz CT molecular complexity index is 1450. The molecule has 0 unspecified atom stereocenters. The molecular weight excluding hydrogens is 464 g/mol. The highest BCUT2D eigenvalue weighted by atomic mass is 32.1. The minimum atomic E-state index is -0.598. The molecule has 0 spiro atoms. The average molecular weight is 487 g/mol. The van der Waals surface area contributed by atoms with Crippen LogP contribution in [0.1, 0.15) is 36.0 Å². The number of aromatic amines is 1. The number of carbonyl (C=O) groups is 4. The van der Waals surface area contributed by atoms with Gasteiger partial charge in [-0.2, -0.15) is 0 Å². The molecule has 1 N–H and O–H groups in total. The van der Waals surface area contributed by atoms with Crippen LogP contribution in [-0.2, 0) is 4.79 Å². The molecule has 2 amide bonds. The SMILES string of the molecule is Cc1cnc(-c2ccc(C=O)s2)c2[nH]cc(C(=O)C(=O)N3CCN(C(=O)c4ccccc4)CC3)c12. The molecule has 0 bridgehead atoms. The Morgan fingerprint density at radius 3 is 2.40 bits per heavy atom. The van der Waals surface area contributed by atoms with E-state index in [2.05, 4.69) is 9.97 Å². The number of hydrogen-bond donors (Lipinski definition) is 1.